The molecule has 3 heterocycles. The van der Waals surface area contributed by atoms with Gasteiger partial charge in [-0.3, -0.25) is 4.79 Å². The highest BCUT2D eigenvalue weighted by Gasteiger charge is 2.31. The lowest BCUT2D eigenvalue weighted by atomic mass is 9.92. The second-order valence-corrected chi connectivity index (χ2v) is 7.48. The Labute approximate surface area is 174 Å². The van der Waals surface area contributed by atoms with Crippen molar-refractivity contribution in [3.05, 3.63) is 76.2 Å². The van der Waals surface area contributed by atoms with Crippen LogP contribution in [-0.2, 0) is 13.0 Å². The summed E-state index contributed by atoms with van der Waals surface area (Å²) < 4.78 is 42.8. The molecule has 1 aliphatic heterocycles. The fourth-order valence-corrected chi connectivity index (χ4v) is 3.95. The lowest BCUT2D eigenvalue weighted by molar-refractivity contribution is -0.274. The third-order valence-electron chi connectivity index (χ3n) is 5.42. The maximum Gasteiger partial charge on any atom is 0.573 e. The Hall–Kier alpha value is -3.62. The lowest BCUT2D eigenvalue weighted by Gasteiger charge is -2.23. The molecule has 9 heteroatoms. The van der Waals surface area contributed by atoms with Gasteiger partial charge in [0.2, 0.25) is 0 Å². The molecule has 0 aliphatic carbocycles. The van der Waals surface area contributed by atoms with E-state index >= 15 is 0 Å². The first-order valence-electron chi connectivity index (χ1n) is 9.77. The molecule has 6 nitrogen and oxygen atoms in total. The average Bonchev–Trinajstić information content (AvgIpc) is 3.17. The SMILES string of the molecule is O=c1cc(-c2nc3n(n2)CC(c2ccc(OC(F)(F)F)cc2)CC3)[nH]c2ccccc12. The van der Waals surface area contributed by atoms with E-state index in [2.05, 4.69) is 19.8 Å². The van der Waals surface area contributed by atoms with Crippen LogP contribution in [-0.4, -0.2) is 26.1 Å². The fourth-order valence-electron chi connectivity index (χ4n) is 3.95. The number of aryl methyl sites for hydroxylation is 1. The third-order valence-corrected chi connectivity index (χ3v) is 5.42. The molecule has 0 bridgehead atoms. The van der Waals surface area contributed by atoms with Gasteiger partial charge < -0.3 is 9.72 Å². The van der Waals surface area contributed by atoms with Crippen LogP contribution in [0.15, 0.2) is 59.4 Å². The highest BCUT2D eigenvalue weighted by Crippen LogP contribution is 2.31. The van der Waals surface area contributed by atoms with Crippen molar-refractivity contribution in [2.45, 2.75) is 31.7 Å². The molecule has 1 unspecified atom stereocenters. The number of fused-ring (bicyclic) bond motifs is 2. The molecule has 4 aromatic rings. The standard InChI is InChI=1S/C22H17F3N4O2/c23-22(24,25)31-15-8-5-13(6-9-15)14-7-10-20-27-21(28-29(20)12-14)18-11-19(30)16-3-1-2-4-17(16)26-18/h1-6,8-9,11,14H,7,10,12H2,(H,26,30). The Morgan fingerprint density at radius 1 is 1.10 bits per heavy atom. The number of aromatic amines is 1. The highest BCUT2D eigenvalue weighted by molar-refractivity contribution is 5.80. The van der Waals surface area contributed by atoms with Gasteiger partial charge in [-0.15, -0.1) is 18.3 Å². The van der Waals surface area contributed by atoms with Crippen molar-refractivity contribution in [2.24, 2.45) is 0 Å². The van der Waals surface area contributed by atoms with Gasteiger partial charge in [-0.1, -0.05) is 24.3 Å². The van der Waals surface area contributed by atoms with Crippen molar-refractivity contribution in [3.63, 3.8) is 0 Å². The molecule has 1 atom stereocenters. The number of halogens is 3. The maximum atomic E-state index is 12.4. The van der Waals surface area contributed by atoms with Gasteiger partial charge in [-0.25, -0.2) is 9.67 Å². The number of alkyl halides is 3. The minimum Gasteiger partial charge on any atom is -0.406 e. The quantitative estimate of drug-likeness (QED) is 0.527. The molecule has 158 valence electrons. The first kappa shape index (κ1) is 19.3. The molecule has 2 aromatic carbocycles. The van der Waals surface area contributed by atoms with Crippen LogP contribution in [0.1, 0.15) is 23.7 Å². The van der Waals surface area contributed by atoms with Crippen molar-refractivity contribution >= 4 is 10.9 Å². The minimum absolute atomic E-state index is 0.0950. The molecule has 0 fully saturated rings. The van der Waals surface area contributed by atoms with E-state index in [1.165, 1.54) is 18.2 Å². The van der Waals surface area contributed by atoms with Crippen molar-refractivity contribution in [1.82, 2.24) is 19.7 Å². The van der Waals surface area contributed by atoms with Crippen LogP contribution in [0.25, 0.3) is 22.4 Å². The second kappa shape index (κ2) is 7.26. The Morgan fingerprint density at radius 2 is 1.87 bits per heavy atom. The third kappa shape index (κ3) is 3.90. The van der Waals surface area contributed by atoms with Gasteiger partial charge in [0, 0.05) is 35.9 Å². The summed E-state index contributed by atoms with van der Waals surface area (Å²) in [6, 6.07) is 14.7. The molecule has 0 saturated carbocycles. The zero-order valence-electron chi connectivity index (χ0n) is 16.2. The van der Waals surface area contributed by atoms with Gasteiger partial charge >= 0.3 is 6.36 Å². The van der Waals surface area contributed by atoms with E-state index in [1.54, 1.807) is 22.9 Å². The number of rotatable bonds is 3. The van der Waals surface area contributed by atoms with Crippen LogP contribution in [0.5, 0.6) is 5.75 Å². The predicted octanol–water partition coefficient (Wildman–Crippen LogP) is 4.42. The lowest BCUT2D eigenvalue weighted by Crippen LogP contribution is -2.20. The number of benzene rings is 2. The molecule has 1 N–H and O–H groups in total. The number of hydrogen-bond donors (Lipinski definition) is 1. The Balaban J connectivity index is 1.39. The second-order valence-electron chi connectivity index (χ2n) is 7.48. The summed E-state index contributed by atoms with van der Waals surface area (Å²) >= 11 is 0. The maximum absolute atomic E-state index is 12.4. The fraction of sp³-hybridized carbons (Fsp3) is 0.227. The largest absolute Gasteiger partial charge is 0.573 e. The van der Waals surface area contributed by atoms with Crippen LogP contribution in [0.2, 0.25) is 0 Å². The molecule has 31 heavy (non-hydrogen) atoms. The monoisotopic (exact) mass is 426 g/mol. The predicted molar refractivity (Wildman–Crippen MR) is 108 cm³/mol. The normalized spacial score (nSPS) is 16.3. The molecule has 0 saturated heterocycles. The number of H-pyrrole nitrogens is 1. The van der Waals surface area contributed by atoms with Gasteiger partial charge in [-0.2, -0.15) is 0 Å². The van der Waals surface area contributed by atoms with Gasteiger partial charge in [0.1, 0.15) is 11.6 Å². The molecule has 0 amide bonds. The Morgan fingerprint density at radius 3 is 2.65 bits per heavy atom. The molecule has 0 spiro atoms. The summed E-state index contributed by atoms with van der Waals surface area (Å²) in [7, 11) is 0. The van der Waals surface area contributed by atoms with Crippen molar-refractivity contribution in [1.29, 1.82) is 0 Å². The molecule has 2 aromatic heterocycles. The summed E-state index contributed by atoms with van der Waals surface area (Å²) in [6.07, 6.45) is -3.23. The topological polar surface area (TPSA) is 72.8 Å². The zero-order valence-corrected chi connectivity index (χ0v) is 16.2. The first-order chi connectivity index (χ1) is 14.9. The number of nitrogens with one attached hydrogen (secondary N) is 1. The van der Waals surface area contributed by atoms with E-state index in [0.29, 0.717) is 29.9 Å². The van der Waals surface area contributed by atoms with Crippen LogP contribution < -0.4 is 10.2 Å². The van der Waals surface area contributed by atoms with Crippen LogP contribution in [0, 0.1) is 0 Å². The van der Waals surface area contributed by atoms with Gasteiger partial charge in [0.05, 0.1) is 5.69 Å². The van der Waals surface area contributed by atoms with E-state index in [0.717, 1.165) is 23.3 Å². The van der Waals surface area contributed by atoms with Gasteiger partial charge in [0.25, 0.3) is 0 Å². The molecular weight excluding hydrogens is 409 g/mol. The van der Waals surface area contributed by atoms with E-state index in [1.807, 2.05) is 18.2 Å². The molecule has 1 aliphatic rings. The van der Waals surface area contributed by atoms with E-state index in [4.69, 9.17) is 0 Å². The van der Waals surface area contributed by atoms with Gasteiger partial charge in [0.15, 0.2) is 11.3 Å². The number of aromatic nitrogens is 4. The van der Waals surface area contributed by atoms with Gasteiger partial charge in [-0.05, 0) is 36.2 Å². The summed E-state index contributed by atoms with van der Waals surface area (Å²) in [5, 5.41) is 5.18. The molecule has 5 rings (SSSR count). The van der Waals surface area contributed by atoms with E-state index < -0.39 is 6.36 Å². The number of nitrogens with zero attached hydrogens (tertiary/aromatic N) is 3. The van der Waals surface area contributed by atoms with Crippen LogP contribution in [0.3, 0.4) is 0 Å². The Kier molecular flexibility index (Phi) is 4.53. The van der Waals surface area contributed by atoms with Crippen LogP contribution >= 0.6 is 0 Å². The number of ether oxygens (including phenoxy) is 1. The summed E-state index contributed by atoms with van der Waals surface area (Å²) in [6.45, 7) is 0.555. The zero-order chi connectivity index (χ0) is 21.6. The number of hydrogen-bond acceptors (Lipinski definition) is 4. The molecule has 0 radical (unpaired) electrons. The van der Waals surface area contributed by atoms with Crippen LogP contribution in [0.4, 0.5) is 13.2 Å². The molecular formula is C22H17F3N4O2. The first-order valence-corrected chi connectivity index (χ1v) is 9.77. The highest BCUT2D eigenvalue weighted by atomic mass is 19.4. The number of para-hydroxylation sites is 1. The van der Waals surface area contributed by atoms with Crippen molar-refractivity contribution in [3.8, 4) is 17.3 Å². The smallest absolute Gasteiger partial charge is 0.406 e. The van der Waals surface area contributed by atoms with Crippen molar-refractivity contribution in [2.75, 3.05) is 0 Å². The number of pyridine rings is 1. The average molecular weight is 426 g/mol. The Bertz CT molecular complexity index is 1310. The minimum atomic E-state index is -4.71. The summed E-state index contributed by atoms with van der Waals surface area (Å²) in [4.78, 5) is 20.2. The van der Waals surface area contributed by atoms with E-state index in [-0.39, 0.29) is 17.1 Å². The van der Waals surface area contributed by atoms with E-state index in [9.17, 15) is 18.0 Å². The van der Waals surface area contributed by atoms with Crippen molar-refractivity contribution < 1.29 is 17.9 Å². The summed E-state index contributed by atoms with van der Waals surface area (Å²) in [5.41, 5.74) is 2.08. The summed E-state index contributed by atoms with van der Waals surface area (Å²) in [5.74, 6) is 1.12.